The molecular weight excluding hydrogens is 254 g/mol. The molecule has 2 heterocycles. The van der Waals surface area contributed by atoms with Crippen molar-refractivity contribution in [3.05, 3.63) is 18.3 Å². The molecular formula is C11H15N3O3S. The molecule has 0 aliphatic carbocycles. The molecule has 1 aliphatic heterocycles. The van der Waals surface area contributed by atoms with Crippen molar-refractivity contribution in [1.82, 2.24) is 4.98 Å². The van der Waals surface area contributed by atoms with Gasteiger partial charge in [-0.25, -0.2) is 14.3 Å². The lowest BCUT2D eigenvalue weighted by atomic mass is 10.0. The maximum absolute atomic E-state index is 11.9. The van der Waals surface area contributed by atoms with E-state index in [0.29, 0.717) is 12.3 Å². The average molecular weight is 269 g/mol. The molecule has 2 unspecified atom stereocenters. The lowest BCUT2D eigenvalue weighted by Gasteiger charge is -2.21. The number of hydrogen-bond acceptors (Lipinski definition) is 4. The van der Waals surface area contributed by atoms with Gasteiger partial charge < -0.3 is 10.1 Å². The number of nitrogens with zero attached hydrogens (tertiary/aromatic N) is 1. The van der Waals surface area contributed by atoms with E-state index in [1.807, 2.05) is 0 Å². The maximum Gasteiger partial charge on any atom is 0.229 e. The first kappa shape index (κ1) is 13.1. The Kier molecular flexibility index (Phi) is 4.40. The second-order valence-corrected chi connectivity index (χ2v) is 5.10. The van der Waals surface area contributed by atoms with Gasteiger partial charge in [0, 0.05) is 18.5 Å². The summed E-state index contributed by atoms with van der Waals surface area (Å²) in [6.07, 6.45) is 3.19. The van der Waals surface area contributed by atoms with Gasteiger partial charge in [0.25, 0.3) is 0 Å². The highest BCUT2D eigenvalue weighted by Gasteiger charge is 2.21. The number of nitrogens with two attached hydrogens (primary N) is 1. The first-order valence-electron chi connectivity index (χ1n) is 5.67. The molecule has 1 aliphatic rings. The van der Waals surface area contributed by atoms with Crippen molar-refractivity contribution >= 4 is 22.6 Å². The van der Waals surface area contributed by atoms with E-state index in [-0.39, 0.29) is 16.9 Å². The molecule has 0 radical (unpaired) electrons. The standard InChI is InChI=1S/C11H15N3O3S/c12-18(16)10-6-9(3-4-13-10)14-11(15)8-2-1-5-17-7-8/h3-4,6,8H,1-2,5,7,12H2,(H,13,14,15). The molecule has 2 rings (SSSR count). The number of anilines is 1. The van der Waals surface area contributed by atoms with E-state index in [1.54, 1.807) is 6.07 Å². The van der Waals surface area contributed by atoms with Crippen molar-refractivity contribution in [2.75, 3.05) is 18.5 Å². The van der Waals surface area contributed by atoms with E-state index in [2.05, 4.69) is 10.3 Å². The van der Waals surface area contributed by atoms with Crippen molar-refractivity contribution in [2.45, 2.75) is 17.9 Å². The number of ether oxygens (including phenoxy) is 1. The van der Waals surface area contributed by atoms with E-state index in [1.165, 1.54) is 12.3 Å². The van der Waals surface area contributed by atoms with Gasteiger partial charge in [0.15, 0.2) is 0 Å². The zero-order valence-corrected chi connectivity index (χ0v) is 10.6. The van der Waals surface area contributed by atoms with Crippen LogP contribution >= 0.6 is 0 Å². The highest BCUT2D eigenvalue weighted by Crippen LogP contribution is 2.17. The minimum atomic E-state index is -1.65. The first-order valence-corrected chi connectivity index (χ1v) is 6.89. The van der Waals surface area contributed by atoms with Crippen LogP contribution in [0.4, 0.5) is 5.69 Å². The topological polar surface area (TPSA) is 94.3 Å². The van der Waals surface area contributed by atoms with Crippen LogP contribution < -0.4 is 10.5 Å². The maximum atomic E-state index is 11.9. The summed E-state index contributed by atoms with van der Waals surface area (Å²) in [7, 11) is -1.65. The van der Waals surface area contributed by atoms with E-state index in [0.717, 1.165) is 19.4 Å². The summed E-state index contributed by atoms with van der Waals surface area (Å²) in [6.45, 7) is 1.17. The molecule has 1 aromatic rings. The van der Waals surface area contributed by atoms with Crippen molar-refractivity contribution in [3.8, 4) is 0 Å². The van der Waals surface area contributed by atoms with Crippen LogP contribution in [0.25, 0.3) is 0 Å². The number of aromatic nitrogens is 1. The van der Waals surface area contributed by atoms with E-state index in [9.17, 15) is 9.00 Å². The van der Waals surface area contributed by atoms with Gasteiger partial charge in [0.2, 0.25) is 5.91 Å². The fourth-order valence-electron chi connectivity index (χ4n) is 1.79. The third-order valence-corrected chi connectivity index (χ3v) is 3.38. The zero-order valence-electron chi connectivity index (χ0n) is 9.80. The van der Waals surface area contributed by atoms with E-state index >= 15 is 0 Å². The summed E-state index contributed by atoms with van der Waals surface area (Å²) < 4.78 is 16.3. The molecule has 0 saturated carbocycles. The number of rotatable bonds is 3. The molecule has 1 aromatic heterocycles. The molecule has 18 heavy (non-hydrogen) atoms. The van der Waals surface area contributed by atoms with Crippen molar-refractivity contribution in [3.63, 3.8) is 0 Å². The summed E-state index contributed by atoms with van der Waals surface area (Å²) in [4.78, 5) is 15.8. The van der Waals surface area contributed by atoms with Gasteiger partial charge in [-0.15, -0.1) is 0 Å². The van der Waals surface area contributed by atoms with Crippen LogP contribution in [0.3, 0.4) is 0 Å². The Morgan fingerprint density at radius 3 is 3.11 bits per heavy atom. The SMILES string of the molecule is NS(=O)c1cc(NC(=O)C2CCCOC2)ccn1. The van der Waals surface area contributed by atoms with Crippen LogP contribution in [-0.4, -0.2) is 28.3 Å². The van der Waals surface area contributed by atoms with E-state index < -0.39 is 11.0 Å². The van der Waals surface area contributed by atoms with Gasteiger partial charge in [0.05, 0.1) is 12.5 Å². The third-order valence-electron chi connectivity index (χ3n) is 2.74. The highest BCUT2D eigenvalue weighted by atomic mass is 32.2. The summed E-state index contributed by atoms with van der Waals surface area (Å²) in [6, 6.07) is 3.15. The monoisotopic (exact) mass is 269 g/mol. The third kappa shape index (κ3) is 3.34. The van der Waals surface area contributed by atoms with E-state index in [4.69, 9.17) is 9.88 Å². The lowest BCUT2D eigenvalue weighted by Crippen LogP contribution is -2.30. The Hall–Kier alpha value is -1.31. The Morgan fingerprint density at radius 2 is 2.44 bits per heavy atom. The second kappa shape index (κ2) is 6.03. The van der Waals surface area contributed by atoms with Gasteiger partial charge >= 0.3 is 0 Å². The van der Waals surface area contributed by atoms with Crippen molar-refractivity contribution in [2.24, 2.45) is 11.1 Å². The highest BCUT2D eigenvalue weighted by molar-refractivity contribution is 7.82. The summed E-state index contributed by atoms with van der Waals surface area (Å²) >= 11 is 0. The van der Waals surface area contributed by atoms with Crippen LogP contribution in [-0.2, 0) is 20.5 Å². The lowest BCUT2D eigenvalue weighted by molar-refractivity contribution is -0.123. The molecule has 98 valence electrons. The Bertz CT molecular complexity index is 461. The van der Waals surface area contributed by atoms with Gasteiger partial charge in [-0.05, 0) is 25.0 Å². The van der Waals surface area contributed by atoms with Crippen LogP contribution in [0, 0.1) is 5.92 Å². The number of carbonyl (C=O) groups excluding carboxylic acids is 1. The summed E-state index contributed by atoms with van der Waals surface area (Å²) in [5.41, 5.74) is 0.550. The van der Waals surface area contributed by atoms with Crippen LogP contribution in [0.1, 0.15) is 12.8 Å². The minimum Gasteiger partial charge on any atom is -0.381 e. The number of hydrogen-bond donors (Lipinski definition) is 2. The Labute approximate surface area is 108 Å². The quantitative estimate of drug-likeness (QED) is 0.832. The van der Waals surface area contributed by atoms with Crippen LogP contribution in [0.2, 0.25) is 0 Å². The smallest absolute Gasteiger partial charge is 0.229 e. The van der Waals surface area contributed by atoms with Gasteiger partial charge in [-0.3, -0.25) is 4.79 Å². The number of carbonyl (C=O) groups is 1. The van der Waals surface area contributed by atoms with Gasteiger partial charge in [-0.2, -0.15) is 0 Å². The molecule has 1 saturated heterocycles. The number of nitrogens with one attached hydrogen (secondary N) is 1. The number of amides is 1. The Morgan fingerprint density at radius 1 is 1.61 bits per heavy atom. The largest absolute Gasteiger partial charge is 0.381 e. The molecule has 1 amide bonds. The number of pyridine rings is 1. The predicted molar refractivity (Wildman–Crippen MR) is 67.0 cm³/mol. The molecule has 2 atom stereocenters. The molecule has 0 bridgehead atoms. The normalized spacial score (nSPS) is 21.3. The first-order chi connectivity index (χ1) is 8.66. The average Bonchev–Trinajstić information content (AvgIpc) is 2.40. The molecule has 6 nitrogen and oxygen atoms in total. The molecule has 7 heteroatoms. The second-order valence-electron chi connectivity index (χ2n) is 4.08. The van der Waals surface area contributed by atoms with Crippen molar-refractivity contribution < 1.29 is 13.7 Å². The van der Waals surface area contributed by atoms with Gasteiger partial charge in [-0.1, -0.05) is 0 Å². The van der Waals surface area contributed by atoms with Crippen LogP contribution in [0.5, 0.6) is 0 Å². The Balaban J connectivity index is 2.02. The summed E-state index contributed by atoms with van der Waals surface area (Å²) in [5.74, 6) is -0.214. The van der Waals surface area contributed by atoms with Crippen molar-refractivity contribution in [1.29, 1.82) is 0 Å². The predicted octanol–water partition coefficient (Wildman–Crippen LogP) is 0.428. The summed E-state index contributed by atoms with van der Waals surface area (Å²) in [5, 5.41) is 8.23. The molecule has 1 fully saturated rings. The van der Waals surface area contributed by atoms with Crippen LogP contribution in [0.15, 0.2) is 23.4 Å². The molecule has 0 spiro atoms. The fourth-order valence-corrected chi connectivity index (χ4v) is 2.20. The van der Waals surface area contributed by atoms with Gasteiger partial charge in [0.1, 0.15) is 16.0 Å². The fraction of sp³-hybridized carbons (Fsp3) is 0.455. The molecule has 0 aromatic carbocycles. The zero-order chi connectivity index (χ0) is 13.0. The minimum absolute atomic E-state index is 0.0883. The molecule has 3 N–H and O–H groups in total.